The normalized spacial score (nSPS) is 18.3. The number of ether oxygens (including phenoxy) is 2. The number of nitrogens with one attached hydrogen (secondary N) is 1. The van der Waals surface area contributed by atoms with Crippen LogP contribution < -0.4 is 20.5 Å². The van der Waals surface area contributed by atoms with E-state index in [1.165, 1.54) is 11.3 Å². The van der Waals surface area contributed by atoms with E-state index in [1.54, 1.807) is 25.8 Å². The monoisotopic (exact) mass is 480 g/mol. The van der Waals surface area contributed by atoms with Crippen molar-refractivity contribution in [2.24, 2.45) is 18.9 Å². The summed E-state index contributed by atoms with van der Waals surface area (Å²) in [5.74, 6) is 1.82. The molecule has 0 atom stereocenters. The molecular weight excluding hydrogens is 452 g/mol. The minimum absolute atomic E-state index is 0.0172. The number of hydrogen-bond acceptors (Lipinski definition) is 6. The fourth-order valence-corrected chi connectivity index (χ4v) is 5.86. The number of fused-ring (bicyclic) bond motifs is 2. The number of anilines is 1. The van der Waals surface area contributed by atoms with Gasteiger partial charge in [0.1, 0.15) is 11.5 Å². The summed E-state index contributed by atoms with van der Waals surface area (Å²) >= 11 is 1.43. The van der Waals surface area contributed by atoms with Crippen LogP contribution in [0.2, 0.25) is 0 Å². The zero-order valence-corrected chi connectivity index (χ0v) is 20.4. The number of carbonyl (C=O) groups is 1. The summed E-state index contributed by atoms with van der Waals surface area (Å²) in [6.45, 7) is 0.648. The second-order valence-electron chi connectivity index (χ2n) is 8.84. The van der Waals surface area contributed by atoms with E-state index in [0.29, 0.717) is 17.6 Å². The quantitative estimate of drug-likeness (QED) is 0.442. The number of hydrogen-bond donors (Lipinski definition) is 1. The molecule has 2 heterocycles. The summed E-state index contributed by atoms with van der Waals surface area (Å²) in [6.07, 6.45) is 3.40. The van der Waals surface area contributed by atoms with E-state index < -0.39 is 0 Å². The van der Waals surface area contributed by atoms with Crippen molar-refractivity contribution in [2.75, 3.05) is 19.5 Å². The highest BCUT2D eigenvalue weighted by atomic mass is 32.1. The smallest absolute Gasteiger partial charge is 0.328 e. The molecule has 1 N–H and O–H groups in total. The molecule has 0 radical (unpaired) electrons. The summed E-state index contributed by atoms with van der Waals surface area (Å²) in [5, 5.41) is 3.61. The number of carbonyl (C=O) groups excluding carboxylic acids is 1. The van der Waals surface area contributed by atoms with Crippen LogP contribution >= 0.6 is 11.3 Å². The van der Waals surface area contributed by atoms with Gasteiger partial charge in [-0.15, -0.1) is 0 Å². The van der Waals surface area contributed by atoms with E-state index in [9.17, 15) is 9.59 Å². The number of aromatic nitrogens is 3. The molecule has 8 nitrogen and oxygen atoms in total. The predicted octanol–water partition coefficient (Wildman–Crippen LogP) is 4.41. The van der Waals surface area contributed by atoms with Gasteiger partial charge >= 0.3 is 5.69 Å². The number of nitrogens with zero attached hydrogens (tertiary/aromatic N) is 3. The predicted molar refractivity (Wildman–Crippen MR) is 134 cm³/mol. The zero-order valence-electron chi connectivity index (χ0n) is 19.5. The number of rotatable bonds is 6. The Morgan fingerprint density at radius 3 is 2.65 bits per heavy atom. The first kappa shape index (κ1) is 22.5. The van der Waals surface area contributed by atoms with Crippen LogP contribution in [0.25, 0.3) is 21.3 Å². The van der Waals surface area contributed by atoms with Crippen LogP contribution in [-0.4, -0.2) is 34.2 Å². The average molecular weight is 481 g/mol. The standard InChI is InChI=1S/C25H28N4O4S/c1-28-19-12-11-17(32-2)13-20(19)29(25(28)31)14-15-7-9-16(10-8-15)23(30)27-24-26-18-5-4-6-21(33-3)22(18)34-24/h4-6,11-13,15-16H,7-10,14H2,1-3H3,(H,26,27,30). The SMILES string of the molecule is COc1ccc2c(c1)n(CC1CCC(C(=O)Nc3nc4cccc(OC)c4s3)CC1)c(=O)n2C. The van der Waals surface area contributed by atoms with Crippen LogP contribution in [-0.2, 0) is 18.4 Å². The Labute approximate surface area is 201 Å². The van der Waals surface area contributed by atoms with Gasteiger partial charge in [0.15, 0.2) is 5.13 Å². The summed E-state index contributed by atoms with van der Waals surface area (Å²) in [7, 11) is 5.06. The Balaban J connectivity index is 1.24. The van der Waals surface area contributed by atoms with Gasteiger partial charge in [-0.25, -0.2) is 9.78 Å². The van der Waals surface area contributed by atoms with Crippen molar-refractivity contribution in [3.8, 4) is 11.5 Å². The van der Waals surface area contributed by atoms with Crippen LogP contribution in [0.3, 0.4) is 0 Å². The molecule has 1 aliphatic rings. The van der Waals surface area contributed by atoms with Gasteiger partial charge in [0.25, 0.3) is 0 Å². The molecule has 0 spiro atoms. The summed E-state index contributed by atoms with van der Waals surface area (Å²) in [6, 6.07) is 11.4. The molecule has 2 aromatic carbocycles. The Morgan fingerprint density at radius 1 is 1.12 bits per heavy atom. The number of methoxy groups -OCH3 is 2. The average Bonchev–Trinajstić information content (AvgIpc) is 3.38. The first-order valence-electron chi connectivity index (χ1n) is 11.5. The summed E-state index contributed by atoms with van der Waals surface area (Å²) in [4.78, 5) is 30.3. The lowest BCUT2D eigenvalue weighted by molar-refractivity contribution is -0.121. The molecule has 1 saturated carbocycles. The Kier molecular flexibility index (Phi) is 6.03. The molecule has 2 aromatic heterocycles. The Hall–Kier alpha value is -3.33. The van der Waals surface area contributed by atoms with Crippen molar-refractivity contribution >= 4 is 43.6 Å². The van der Waals surface area contributed by atoms with E-state index in [-0.39, 0.29) is 17.5 Å². The van der Waals surface area contributed by atoms with E-state index in [0.717, 1.165) is 58.4 Å². The van der Waals surface area contributed by atoms with Crippen molar-refractivity contribution in [3.05, 3.63) is 46.9 Å². The Bertz CT molecular complexity index is 1410. The third-order valence-corrected chi connectivity index (χ3v) is 7.84. The van der Waals surface area contributed by atoms with E-state index >= 15 is 0 Å². The van der Waals surface area contributed by atoms with E-state index in [2.05, 4.69) is 10.3 Å². The fraction of sp³-hybridized carbons (Fsp3) is 0.400. The Morgan fingerprint density at radius 2 is 1.91 bits per heavy atom. The number of imidazole rings is 1. The lowest BCUT2D eigenvalue weighted by atomic mass is 9.81. The number of benzene rings is 2. The van der Waals surface area contributed by atoms with Crippen molar-refractivity contribution < 1.29 is 14.3 Å². The number of amides is 1. The lowest BCUT2D eigenvalue weighted by Gasteiger charge is -2.27. The third-order valence-electron chi connectivity index (χ3n) is 6.84. The molecule has 0 bridgehead atoms. The van der Waals surface area contributed by atoms with Gasteiger partial charge < -0.3 is 14.8 Å². The highest BCUT2D eigenvalue weighted by Crippen LogP contribution is 2.35. The third kappa shape index (κ3) is 4.04. The van der Waals surface area contributed by atoms with Gasteiger partial charge in [-0.05, 0) is 55.9 Å². The maximum Gasteiger partial charge on any atom is 0.328 e. The van der Waals surface area contributed by atoms with Crippen LogP contribution in [0.4, 0.5) is 5.13 Å². The van der Waals surface area contributed by atoms with Gasteiger partial charge in [0.05, 0.1) is 35.5 Å². The molecule has 0 unspecified atom stereocenters. The molecule has 4 aromatic rings. The maximum absolute atomic E-state index is 12.9. The fourth-order valence-electron chi connectivity index (χ4n) is 4.90. The minimum Gasteiger partial charge on any atom is -0.497 e. The van der Waals surface area contributed by atoms with Crippen molar-refractivity contribution in [1.29, 1.82) is 0 Å². The first-order chi connectivity index (χ1) is 16.5. The molecule has 0 saturated heterocycles. The van der Waals surface area contributed by atoms with E-state index in [1.807, 2.05) is 41.0 Å². The van der Waals surface area contributed by atoms with E-state index in [4.69, 9.17) is 9.47 Å². The lowest BCUT2D eigenvalue weighted by Crippen LogP contribution is -2.30. The van der Waals surface area contributed by atoms with Gasteiger partial charge in [-0.1, -0.05) is 17.4 Å². The van der Waals surface area contributed by atoms with Crippen LogP contribution in [0.5, 0.6) is 11.5 Å². The second kappa shape index (κ2) is 9.13. The van der Waals surface area contributed by atoms with Crippen LogP contribution in [0.1, 0.15) is 25.7 Å². The van der Waals surface area contributed by atoms with Crippen molar-refractivity contribution in [3.63, 3.8) is 0 Å². The zero-order chi connectivity index (χ0) is 23.8. The molecule has 1 fully saturated rings. The van der Waals surface area contributed by atoms with Crippen LogP contribution in [0.15, 0.2) is 41.2 Å². The summed E-state index contributed by atoms with van der Waals surface area (Å²) < 4.78 is 15.2. The molecule has 0 aliphatic heterocycles. The van der Waals surface area contributed by atoms with Crippen LogP contribution in [0, 0.1) is 11.8 Å². The molecule has 34 heavy (non-hydrogen) atoms. The molecule has 178 valence electrons. The molecule has 5 rings (SSSR count). The first-order valence-corrected chi connectivity index (χ1v) is 12.3. The topological polar surface area (TPSA) is 87.4 Å². The number of thiazole rings is 1. The van der Waals surface area contributed by atoms with Crippen molar-refractivity contribution in [1.82, 2.24) is 14.1 Å². The molecule has 1 amide bonds. The van der Waals surface area contributed by atoms with Gasteiger partial charge in [-0.3, -0.25) is 13.9 Å². The highest BCUT2D eigenvalue weighted by molar-refractivity contribution is 7.22. The van der Waals surface area contributed by atoms with Crippen molar-refractivity contribution in [2.45, 2.75) is 32.2 Å². The molecule has 1 aliphatic carbocycles. The van der Waals surface area contributed by atoms with Gasteiger partial charge in [0.2, 0.25) is 5.91 Å². The maximum atomic E-state index is 12.9. The highest BCUT2D eigenvalue weighted by Gasteiger charge is 2.28. The largest absolute Gasteiger partial charge is 0.497 e. The second-order valence-corrected chi connectivity index (χ2v) is 9.84. The minimum atomic E-state index is -0.0468. The van der Waals surface area contributed by atoms with Gasteiger partial charge in [0, 0.05) is 25.6 Å². The summed E-state index contributed by atoms with van der Waals surface area (Å²) in [5.41, 5.74) is 2.58. The van der Waals surface area contributed by atoms with Gasteiger partial charge in [-0.2, -0.15) is 0 Å². The molecule has 9 heteroatoms. The molecular formula is C25H28N4O4S. The number of aryl methyl sites for hydroxylation is 1.